The van der Waals surface area contributed by atoms with Gasteiger partial charge in [0.05, 0.1) is 22.6 Å². The number of hydrogen-bond donors (Lipinski definition) is 1. The number of aryl methyl sites for hydroxylation is 1. The maximum absolute atomic E-state index is 14.0. The first-order valence-electron chi connectivity index (χ1n) is 13.9. The van der Waals surface area contributed by atoms with E-state index >= 15 is 0 Å². The SMILES string of the molecule is CC[C@@H](C)NC(=O)[C@H](C)N(CCc1ccccc1)C(=O)CN(c1ccc(OC)cc1)S(=O)(=O)c1ccc(C)c([N+](=O)[O-])c1. The Labute approximate surface area is 252 Å². The van der Waals surface area contributed by atoms with E-state index in [1.807, 2.05) is 44.2 Å². The highest BCUT2D eigenvalue weighted by molar-refractivity contribution is 7.92. The molecule has 0 aliphatic heterocycles. The van der Waals surface area contributed by atoms with Crippen LogP contribution in [0.2, 0.25) is 0 Å². The molecule has 0 saturated carbocycles. The summed E-state index contributed by atoms with van der Waals surface area (Å²) >= 11 is 0. The summed E-state index contributed by atoms with van der Waals surface area (Å²) in [6.07, 6.45) is 1.13. The Morgan fingerprint density at radius 3 is 2.26 bits per heavy atom. The largest absolute Gasteiger partial charge is 0.497 e. The van der Waals surface area contributed by atoms with Gasteiger partial charge in [-0.25, -0.2) is 8.42 Å². The number of sulfonamides is 1. The van der Waals surface area contributed by atoms with Crippen molar-refractivity contribution < 1.29 is 27.7 Å². The van der Waals surface area contributed by atoms with Gasteiger partial charge in [0.15, 0.2) is 0 Å². The number of nitro benzene ring substituents is 1. The fraction of sp³-hybridized carbons (Fsp3) is 0.355. The molecule has 0 unspecified atom stereocenters. The molecule has 1 N–H and O–H groups in total. The van der Waals surface area contributed by atoms with Gasteiger partial charge in [0, 0.05) is 24.2 Å². The number of benzene rings is 3. The molecule has 12 heteroatoms. The van der Waals surface area contributed by atoms with E-state index in [0.29, 0.717) is 24.2 Å². The second-order valence-electron chi connectivity index (χ2n) is 10.2. The molecule has 0 aliphatic carbocycles. The molecule has 0 spiro atoms. The molecule has 2 amide bonds. The number of ether oxygens (including phenoxy) is 1. The summed E-state index contributed by atoms with van der Waals surface area (Å²) in [6, 6.07) is 18.1. The Kier molecular flexibility index (Phi) is 11.2. The van der Waals surface area contributed by atoms with Gasteiger partial charge in [-0.05, 0) is 69.5 Å². The van der Waals surface area contributed by atoms with Crippen molar-refractivity contribution in [2.24, 2.45) is 0 Å². The maximum atomic E-state index is 14.0. The first-order chi connectivity index (χ1) is 20.4. The number of anilines is 1. The molecule has 43 heavy (non-hydrogen) atoms. The normalized spacial score (nSPS) is 12.6. The summed E-state index contributed by atoms with van der Waals surface area (Å²) in [4.78, 5) is 39.1. The Morgan fingerprint density at radius 2 is 1.67 bits per heavy atom. The van der Waals surface area contributed by atoms with Crippen LogP contribution in [0.15, 0.2) is 77.7 Å². The van der Waals surface area contributed by atoms with Crippen LogP contribution in [-0.2, 0) is 26.0 Å². The van der Waals surface area contributed by atoms with Crippen molar-refractivity contribution in [2.75, 3.05) is 24.5 Å². The van der Waals surface area contributed by atoms with Crippen molar-refractivity contribution in [2.45, 2.75) is 57.5 Å². The van der Waals surface area contributed by atoms with E-state index in [0.717, 1.165) is 15.9 Å². The number of methoxy groups -OCH3 is 1. The van der Waals surface area contributed by atoms with E-state index in [2.05, 4.69) is 5.32 Å². The molecule has 0 aromatic heterocycles. The molecule has 0 saturated heterocycles. The third-order valence-corrected chi connectivity index (χ3v) is 9.03. The number of nitrogens with zero attached hydrogens (tertiary/aromatic N) is 3. The standard InChI is InChI=1S/C31H38N4O7S/c1-6-23(3)32-31(37)24(4)33(19-18-25-10-8-7-9-11-25)30(36)21-34(26-13-15-27(42-5)16-14-26)43(40,41)28-17-12-22(2)29(20-28)35(38)39/h7-17,20,23-24H,6,18-19,21H2,1-5H3,(H,32,37)/t23-,24+/m1/s1. The van der Waals surface area contributed by atoms with Gasteiger partial charge in [-0.3, -0.25) is 24.0 Å². The molecule has 0 radical (unpaired) electrons. The lowest BCUT2D eigenvalue weighted by molar-refractivity contribution is -0.385. The second-order valence-corrected chi connectivity index (χ2v) is 12.1. The van der Waals surface area contributed by atoms with E-state index in [4.69, 9.17) is 4.74 Å². The Balaban J connectivity index is 2.04. The number of carbonyl (C=O) groups is 2. The highest BCUT2D eigenvalue weighted by Gasteiger charge is 2.33. The van der Waals surface area contributed by atoms with Crippen LogP contribution < -0.4 is 14.4 Å². The van der Waals surface area contributed by atoms with Crippen LogP contribution in [0.25, 0.3) is 0 Å². The third-order valence-electron chi connectivity index (χ3n) is 7.26. The zero-order valence-corrected chi connectivity index (χ0v) is 25.8. The van der Waals surface area contributed by atoms with Gasteiger partial charge in [-0.15, -0.1) is 0 Å². The topological polar surface area (TPSA) is 139 Å². The molecule has 0 aliphatic rings. The van der Waals surface area contributed by atoms with Gasteiger partial charge >= 0.3 is 0 Å². The number of nitro groups is 1. The number of nitrogens with one attached hydrogen (secondary N) is 1. The fourth-order valence-corrected chi connectivity index (χ4v) is 5.82. The van der Waals surface area contributed by atoms with E-state index in [1.54, 1.807) is 19.1 Å². The summed E-state index contributed by atoms with van der Waals surface area (Å²) < 4.78 is 34.1. The lowest BCUT2D eigenvalue weighted by Crippen LogP contribution is -2.53. The molecule has 11 nitrogen and oxygen atoms in total. The Hall–Kier alpha value is -4.45. The van der Waals surface area contributed by atoms with Gasteiger partial charge in [-0.2, -0.15) is 0 Å². The Morgan fingerprint density at radius 1 is 1.02 bits per heavy atom. The van der Waals surface area contributed by atoms with Crippen molar-refractivity contribution in [1.82, 2.24) is 10.2 Å². The molecule has 230 valence electrons. The van der Waals surface area contributed by atoms with Crippen LogP contribution in [0.1, 0.15) is 38.3 Å². The number of carbonyl (C=O) groups excluding carboxylic acids is 2. The molecule has 3 aromatic rings. The zero-order valence-electron chi connectivity index (χ0n) is 25.0. The molecule has 3 rings (SSSR count). The lowest BCUT2D eigenvalue weighted by Gasteiger charge is -2.32. The zero-order chi connectivity index (χ0) is 31.7. The van der Waals surface area contributed by atoms with Crippen LogP contribution in [0, 0.1) is 17.0 Å². The minimum absolute atomic E-state index is 0.116. The van der Waals surface area contributed by atoms with E-state index in [9.17, 15) is 28.1 Å². The maximum Gasteiger partial charge on any atom is 0.273 e. The Bertz CT molecular complexity index is 1530. The van der Waals surface area contributed by atoms with Crippen LogP contribution in [-0.4, -0.2) is 62.3 Å². The van der Waals surface area contributed by atoms with Gasteiger partial charge in [0.2, 0.25) is 11.8 Å². The van der Waals surface area contributed by atoms with Gasteiger partial charge in [0.1, 0.15) is 18.3 Å². The molecular weight excluding hydrogens is 572 g/mol. The van der Waals surface area contributed by atoms with Crippen LogP contribution in [0.4, 0.5) is 11.4 Å². The van der Waals surface area contributed by atoms with Crippen molar-refractivity contribution in [3.8, 4) is 5.75 Å². The first kappa shape index (κ1) is 33.1. The number of hydrogen-bond acceptors (Lipinski definition) is 7. The lowest BCUT2D eigenvalue weighted by atomic mass is 10.1. The predicted octanol–water partition coefficient (Wildman–Crippen LogP) is 4.48. The van der Waals surface area contributed by atoms with Gasteiger partial charge in [-0.1, -0.05) is 43.3 Å². The number of rotatable bonds is 14. The molecular formula is C31H38N4O7S. The van der Waals surface area contributed by atoms with E-state index < -0.39 is 33.4 Å². The smallest absolute Gasteiger partial charge is 0.273 e. The summed E-state index contributed by atoms with van der Waals surface area (Å²) in [6.45, 7) is 6.42. The second kappa shape index (κ2) is 14.6. The predicted molar refractivity (Wildman–Crippen MR) is 165 cm³/mol. The quantitative estimate of drug-likeness (QED) is 0.210. The molecule has 3 aromatic carbocycles. The highest BCUT2D eigenvalue weighted by atomic mass is 32.2. The first-order valence-corrected chi connectivity index (χ1v) is 15.4. The summed E-state index contributed by atoms with van der Waals surface area (Å²) in [5.41, 5.74) is 1.03. The minimum atomic E-state index is -4.47. The average Bonchev–Trinajstić information content (AvgIpc) is 3.00. The van der Waals surface area contributed by atoms with Gasteiger partial charge < -0.3 is 15.0 Å². The summed E-state index contributed by atoms with van der Waals surface area (Å²) in [7, 11) is -3.00. The van der Waals surface area contributed by atoms with Crippen LogP contribution >= 0.6 is 0 Å². The molecule has 0 fully saturated rings. The van der Waals surface area contributed by atoms with E-state index in [1.165, 1.54) is 43.2 Å². The van der Waals surface area contributed by atoms with Crippen LogP contribution in [0.5, 0.6) is 5.75 Å². The minimum Gasteiger partial charge on any atom is -0.497 e. The monoisotopic (exact) mass is 610 g/mol. The molecule has 0 heterocycles. The average molecular weight is 611 g/mol. The number of amides is 2. The van der Waals surface area contributed by atoms with Gasteiger partial charge in [0.25, 0.3) is 15.7 Å². The van der Waals surface area contributed by atoms with Crippen molar-refractivity contribution in [3.63, 3.8) is 0 Å². The van der Waals surface area contributed by atoms with Crippen molar-refractivity contribution >= 4 is 33.2 Å². The van der Waals surface area contributed by atoms with Crippen molar-refractivity contribution in [1.29, 1.82) is 0 Å². The summed E-state index contributed by atoms with van der Waals surface area (Å²) in [5, 5.41) is 14.5. The van der Waals surface area contributed by atoms with Crippen molar-refractivity contribution in [3.05, 3.63) is 94.0 Å². The van der Waals surface area contributed by atoms with E-state index in [-0.39, 0.29) is 34.8 Å². The molecule has 0 bridgehead atoms. The fourth-order valence-electron chi connectivity index (χ4n) is 4.39. The third kappa shape index (κ3) is 8.31. The van der Waals surface area contributed by atoms with Crippen LogP contribution in [0.3, 0.4) is 0 Å². The highest BCUT2D eigenvalue weighted by Crippen LogP contribution is 2.29. The molecule has 2 atom stereocenters. The summed E-state index contributed by atoms with van der Waals surface area (Å²) in [5.74, 6) is -0.495.